The third-order valence-corrected chi connectivity index (χ3v) is 11.8. The summed E-state index contributed by atoms with van der Waals surface area (Å²) in [4.78, 5) is 61.1. The molecule has 3 heterocycles. The van der Waals surface area contributed by atoms with E-state index in [-0.39, 0.29) is 45.4 Å². The number of pyridine rings is 1. The highest BCUT2D eigenvalue weighted by molar-refractivity contribution is 7.90. The van der Waals surface area contributed by atoms with Crippen molar-refractivity contribution in [1.82, 2.24) is 14.6 Å². The van der Waals surface area contributed by atoms with Crippen molar-refractivity contribution in [2.45, 2.75) is 76.7 Å². The van der Waals surface area contributed by atoms with E-state index in [0.717, 1.165) is 5.39 Å². The lowest BCUT2D eigenvalue weighted by molar-refractivity contribution is -0.152. The number of nitrogens with zero attached hydrogens (tertiary/aromatic N) is 2. The van der Waals surface area contributed by atoms with Gasteiger partial charge in [-0.1, -0.05) is 32.9 Å². The van der Waals surface area contributed by atoms with E-state index in [1.54, 1.807) is 24.4 Å². The molecule has 12 nitrogen and oxygen atoms in total. The van der Waals surface area contributed by atoms with E-state index in [0.29, 0.717) is 29.9 Å². The maximum Gasteiger partial charge on any atom is 0.306 e. The predicted octanol–water partition coefficient (Wildman–Crippen LogP) is 3.89. The number of Topliss-reactive ketones (excluding diaryl/α,β-unsaturated/α-hetero) is 1. The number of nitrogens with one attached hydrogen (secondary N) is 1. The molecule has 2 amide bonds. The van der Waals surface area contributed by atoms with E-state index in [9.17, 15) is 27.6 Å². The summed E-state index contributed by atoms with van der Waals surface area (Å²) in [5.74, 6) is -2.41. The quantitative estimate of drug-likeness (QED) is 0.333. The van der Waals surface area contributed by atoms with Crippen molar-refractivity contribution < 1.29 is 41.8 Å². The lowest BCUT2D eigenvalue weighted by Gasteiger charge is -2.34. The molecular formula is C36H43N3O9S. The Balaban J connectivity index is 1.33. The number of ether oxygens (including phenoxy) is 3. The van der Waals surface area contributed by atoms with Gasteiger partial charge in [-0.25, -0.2) is 13.4 Å². The molecule has 5 atom stereocenters. The smallest absolute Gasteiger partial charge is 0.306 e. The number of ketones is 1. The number of benzene rings is 1. The van der Waals surface area contributed by atoms with Crippen molar-refractivity contribution in [3.63, 3.8) is 0 Å². The van der Waals surface area contributed by atoms with Crippen LogP contribution >= 0.6 is 0 Å². The fraction of sp³-hybridized carbons (Fsp3) is 0.528. The summed E-state index contributed by atoms with van der Waals surface area (Å²) in [7, 11) is -3.84. The first-order valence-electron chi connectivity index (χ1n) is 16.7. The summed E-state index contributed by atoms with van der Waals surface area (Å²) in [5.41, 5.74) is -1.96. The minimum Gasteiger partial charge on any atom is -0.490 e. The molecule has 2 aliphatic carbocycles. The van der Waals surface area contributed by atoms with Crippen LogP contribution in [0.4, 0.5) is 0 Å². The molecular weight excluding hydrogens is 650 g/mol. The lowest BCUT2D eigenvalue weighted by atomic mass is 9.77. The summed E-state index contributed by atoms with van der Waals surface area (Å²) in [6.07, 6.45) is 6.81. The molecule has 6 rings (SSSR count). The average molecular weight is 694 g/mol. The Morgan fingerprint density at radius 1 is 1.12 bits per heavy atom. The molecule has 0 spiro atoms. The highest BCUT2D eigenvalue weighted by Gasteiger charge is 2.61. The first kappa shape index (κ1) is 34.6. The van der Waals surface area contributed by atoms with Gasteiger partial charge in [-0.2, -0.15) is 0 Å². The third-order valence-electron chi connectivity index (χ3n) is 10.0. The minimum atomic E-state index is -3.84. The lowest BCUT2D eigenvalue weighted by Crippen LogP contribution is -2.48. The largest absolute Gasteiger partial charge is 0.490 e. The standard InChI is InChI=1S/C36H43N3O9S/c1-5-23-19-36(23,34(43)38-49(44,45)26-10-11-26)20-30(40)29-17-25-21-39(29)33(42)28(35(2,3)4)18-31(41)47-15-7-6-14-46-24-9-8-22-12-13-37-32(48-25)27(22)16-24/h5-9,12-13,16,23,25-26,28-29H,1,10-11,14-15,17-21H2,2-4H3,(H,38,43)/b7-6-/t23-,25?,28-,29?,36-/m1/s1. The molecule has 0 radical (unpaired) electrons. The van der Waals surface area contributed by atoms with Gasteiger partial charge in [-0.3, -0.25) is 23.9 Å². The maximum absolute atomic E-state index is 14.4. The van der Waals surface area contributed by atoms with Crippen LogP contribution < -0.4 is 14.2 Å². The van der Waals surface area contributed by atoms with Crippen LogP contribution in [0.5, 0.6) is 11.6 Å². The monoisotopic (exact) mass is 693 g/mol. The van der Waals surface area contributed by atoms with E-state index < -0.39 is 73.7 Å². The number of aromatic nitrogens is 1. The maximum atomic E-state index is 14.4. The van der Waals surface area contributed by atoms with Crippen LogP contribution in [-0.2, 0) is 33.9 Å². The Hall–Kier alpha value is -4.26. The average Bonchev–Trinajstić information content (AvgIpc) is 3.97. The summed E-state index contributed by atoms with van der Waals surface area (Å²) in [6, 6.07) is 6.37. The number of hydrogen-bond acceptors (Lipinski definition) is 10. The highest BCUT2D eigenvalue weighted by Crippen LogP contribution is 2.57. The molecule has 1 N–H and O–H groups in total. The fourth-order valence-corrected chi connectivity index (χ4v) is 8.20. The van der Waals surface area contributed by atoms with Gasteiger partial charge in [0.25, 0.3) is 0 Å². The van der Waals surface area contributed by atoms with Crippen molar-refractivity contribution in [3.05, 3.63) is 55.3 Å². The summed E-state index contributed by atoms with van der Waals surface area (Å²) in [5, 5.41) is 0.948. The molecule has 1 saturated heterocycles. The van der Waals surface area contributed by atoms with Crippen molar-refractivity contribution >= 4 is 44.4 Å². The van der Waals surface area contributed by atoms with Crippen LogP contribution in [0, 0.1) is 22.7 Å². The number of amides is 2. The molecule has 4 bridgehead atoms. The molecule has 2 saturated carbocycles. The van der Waals surface area contributed by atoms with Crippen LogP contribution in [-0.4, -0.2) is 79.0 Å². The molecule has 1 aromatic heterocycles. The van der Waals surface area contributed by atoms with Gasteiger partial charge in [0, 0.05) is 24.4 Å². The molecule has 2 aromatic rings. The second-order valence-corrected chi connectivity index (χ2v) is 16.6. The number of esters is 1. The van der Waals surface area contributed by atoms with Gasteiger partial charge in [0.1, 0.15) is 25.1 Å². The number of hydrogen-bond donors (Lipinski definition) is 1. The van der Waals surface area contributed by atoms with Gasteiger partial charge in [0.15, 0.2) is 5.78 Å². The molecule has 2 unspecified atom stereocenters. The van der Waals surface area contributed by atoms with E-state index >= 15 is 0 Å². The van der Waals surface area contributed by atoms with Gasteiger partial charge < -0.3 is 19.1 Å². The first-order chi connectivity index (χ1) is 23.2. The Morgan fingerprint density at radius 3 is 2.53 bits per heavy atom. The second kappa shape index (κ2) is 13.2. The number of sulfonamides is 1. The van der Waals surface area contributed by atoms with Crippen LogP contribution in [0.15, 0.2) is 55.3 Å². The summed E-state index contributed by atoms with van der Waals surface area (Å²) >= 11 is 0. The van der Waals surface area contributed by atoms with Crippen molar-refractivity contribution in [3.8, 4) is 11.6 Å². The van der Waals surface area contributed by atoms with Gasteiger partial charge in [-0.15, -0.1) is 6.58 Å². The summed E-state index contributed by atoms with van der Waals surface area (Å²) in [6.45, 7) is 9.63. The van der Waals surface area contributed by atoms with Gasteiger partial charge >= 0.3 is 5.97 Å². The Morgan fingerprint density at radius 2 is 1.86 bits per heavy atom. The summed E-state index contributed by atoms with van der Waals surface area (Å²) < 4.78 is 45.3. The fourth-order valence-electron chi connectivity index (χ4n) is 6.81. The number of rotatable bonds is 7. The van der Waals surface area contributed by atoms with E-state index in [1.165, 1.54) is 4.90 Å². The van der Waals surface area contributed by atoms with Gasteiger partial charge in [0.05, 0.1) is 35.6 Å². The molecule has 13 heteroatoms. The van der Waals surface area contributed by atoms with Crippen molar-refractivity contribution in [1.29, 1.82) is 0 Å². The minimum absolute atomic E-state index is 0.00482. The second-order valence-electron chi connectivity index (χ2n) is 14.6. The zero-order valence-electron chi connectivity index (χ0n) is 28.1. The van der Waals surface area contributed by atoms with E-state index in [4.69, 9.17) is 14.2 Å². The molecule has 1 aromatic carbocycles. The predicted molar refractivity (Wildman–Crippen MR) is 180 cm³/mol. The van der Waals surface area contributed by atoms with E-state index in [1.807, 2.05) is 45.0 Å². The molecule has 262 valence electrons. The van der Waals surface area contributed by atoms with Crippen LogP contribution in [0.1, 0.15) is 59.3 Å². The van der Waals surface area contributed by atoms with Crippen LogP contribution in [0.25, 0.3) is 10.8 Å². The molecule has 4 aliphatic rings. The van der Waals surface area contributed by atoms with Crippen LogP contribution in [0.2, 0.25) is 0 Å². The SMILES string of the molecule is C=C[C@@H]1C[C@]1(CC(=O)C1CC2CN1C(=O)[C@H](C(C)(C)C)CC(=O)OC/C=C\COc1ccc3ccnc(c3c1)O2)C(=O)NS(=O)(=O)C1CC1. The normalized spacial score (nSPS) is 28.4. The zero-order chi connectivity index (χ0) is 35.1. The number of fused-ring (bicyclic) bond motifs is 3. The number of allylic oxidation sites excluding steroid dienone is 1. The third kappa shape index (κ3) is 7.36. The molecule has 3 fully saturated rings. The van der Waals surface area contributed by atoms with E-state index in [2.05, 4.69) is 16.3 Å². The first-order valence-corrected chi connectivity index (χ1v) is 18.3. The number of carbonyl (C=O) groups excluding carboxylic acids is 4. The zero-order valence-corrected chi connectivity index (χ0v) is 28.9. The Kier molecular flexibility index (Phi) is 9.33. The van der Waals surface area contributed by atoms with Crippen molar-refractivity contribution in [2.24, 2.45) is 22.7 Å². The molecule has 49 heavy (non-hydrogen) atoms. The van der Waals surface area contributed by atoms with Crippen LogP contribution in [0.3, 0.4) is 0 Å². The number of cyclic esters (lactones) is 1. The Labute approximate surface area is 286 Å². The van der Waals surface area contributed by atoms with Crippen molar-refractivity contribution in [2.75, 3.05) is 19.8 Å². The number of carbonyl (C=O) groups is 4. The van der Waals surface area contributed by atoms with Gasteiger partial charge in [0.2, 0.25) is 27.7 Å². The topological polar surface area (TPSA) is 158 Å². The van der Waals surface area contributed by atoms with Gasteiger partial charge in [-0.05, 0) is 66.3 Å². The Bertz CT molecular complexity index is 1810. The molecule has 2 aliphatic heterocycles. The highest BCUT2D eigenvalue weighted by atomic mass is 32.2.